The molecule has 2 aromatic rings. The summed E-state index contributed by atoms with van der Waals surface area (Å²) >= 11 is 0. The third-order valence-corrected chi connectivity index (χ3v) is 9.89. The summed E-state index contributed by atoms with van der Waals surface area (Å²) in [5.74, 6) is -8.48. The second kappa shape index (κ2) is 8.96. The second-order valence-electron chi connectivity index (χ2n) is 12.3. The van der Waals surface area contributed by atoms with E-state index in [-0.39, 0.29) is 35.5 Å². The fourth-order valence-electron chi connectivity index (χ4n) is 7.58. The van der Waals surface area contributed by atoms with Crippen molar-refractivity contribution in [1.29, 1.82) is 0 Å². The third kappa shape index (κ3) is 3.13. The van der Waals surface area contributed by atoms with Crippen LogP contribution in [0.2, 0.25) is 0 Å². The van der Waals surface area contributed by atoms with Gasteiger partial charge in [-0.3, -0.25) is 9.59 Å². The first-order chi connectivity index (χ1) is 21.2. The highest BCUT2D eigenvalue weighted by Gasteiger charge is 2.81. The minimum absolute atomic E-state index is 0.0607. The predicted octanol–water partition coefficient (Wildman–Crippen LogP) is 0.679. The molecule has 7 rings (SSSR count). The van der Waals surface area contributed by atoms with Gasteiger partial charge in [-0.1, -0.05) is 13.8 Å². The number of hydrogen-bond acceptors (Lipinski definition) is 14. The summed E-state index contributed by atoms with van der Waals surface area (Å²) in [7, 11) is 1.02. The Bertz CT molecular complexity index is 1790. The Kier molecular flexibility index (Phi) is 5.79. The maximum Gasteiger partial charge on any atom is 0.358 e. The van der Waals surface area contributed by atoms with Gasteiger partial charge in [-0.15, -0.1) is 0 Å². The highest BCUT2D eigenvalue weighted by molar-refractivity contribution is 6.16. The molecule has 0 amide bonds. The molecular formula is C31H28O14. The molecule has 0 aromatic heterocycles. The Morgan fingerprint density at radius 1 is 0.889 bits per heavy atom. The lowest BCUT2D eigenvalue weighted by Crippen LogP contribution is -2.76. The summed E-state index contributed by atoms with van der Waals surface area (Å²) in [6.07, 6.45) is -4.90. The fourth-order valence-corrected chi connectivity index (χ4v) is 7.58. The van der Waals surface area contributed by atoms with Crippen molar-refractivity contribution in [1.82, 2.24) is 0 Å². The number of benzene rings is 2. The van der Waals surface area contributed by atoms with Gasteiger partial charge >= 0.3 is 11.9 Å². The van der Waals surface area contributed by atoms with E-state index in [4.69, 9.17) is 18.9 Å². The quantitative estimate of drug-likeness (QED) is 0.253. The molecule has 0 spiro atoms. The van der Waals surface area contributed by atoms with E-state index in [0.29, 0.717) is 0 Å². The Hall–Kier alpha value is -4.66. The number of ether oxygens (including phenoxy) is 4. The monoisotopic (exact) mass is 624 g/mol. The standard InChI is InChI=1S/C31H28O14/c1-10-8-14(32)20-23(35)18-15(44-29(20,24(10)36)27(39)42-3)6-4-12(21(18)33)13-5-7-16-19(22(13)34)26(38)30(41)17-9-11(2)25(37)31(30,45-16)28(40)43-17/h4-7,10-11,17,24-25,33-37,41H,8-9H2,1-3H3/t10-,11-,17-,24-,25+,29+,30-,31+/m0/s1. The number of carbonyl (C=O) groups is 4. The van der Waals surface area contributed by atoms with Crippen molar-refractivity contribution < 1.29 is 68.8 Å². The van der Waals surface area contributed by atoms with Crippen molar-refractivity contribution in [2.45, 2.75) is 61.8 Å². The van der Waals surface area contributed by atoms with Crippen LogP contribution in [0.3, 0.4) is 0 Å². The summed E-state index contributed by atoms with van der Waals surface area (Å²) in [6, 6.07) is 4.86. The maximum atomic E-state index is 13.9. The largest absolute Gasteiger partial charge is 0.506 e. The number of fused-ring (bicyclic) bond motifs is 3. The van der Waals surface area contributed by atoms with E-state index in [2.05, 4.69) is 0 Å². The maximum absolute atomic E-state index is 13.9. The van der Waals surface area contributed by atoms with E-state index in [1.54, 1.807) is 6.92 Å². The van der Waals surface area contributed by atoms with Gasteiger partial charge in [0.25, 0.3) is 11.2 Å². The third-order valence-electron chi connectivity index (χ3n) is 9.89. The molecule has 2 bridgehead atoms. The Morgan fingerprint density at radius 3 is 2.11 bits per heavy atom. The van der Waals surface area contributed by atoms with Crippen molar-refractivity contribution in [3.63, 3.8) is 0 Å². The molecule has 3 heterocycles. The van der Waals surface area contributed by atoms with E-state index in [1.807, 2.05) is 0 Å². The van der Waals surface area contributed by atoms with Crippen LogP contribution in [0.25, 0.3) is 16.9 Å². The molecule has 2 aromatic carbocycles. The summed E-state index contributed by atoms with van der Waals surface area (Å²) in [4.78, 5) is 53.0. The number of esters is 2. The topological polar surface area (TPSA) is 227 Å². The van der Waals surface area contributed by atoms with Gasteiger partial charge in [-0.25, -0.2) is 9.59 Å². The number of aliphatic hydroxyl groups excluding tert-OH is 3. The molecule has 6 N–H and O–H groups in total. The van der Waals surface area contributed by atoms with Gasteiger partial charge in [-0.05, 0) is 42.5 Å². The number of methoxy groups -OCH3 is 1. The lowest BCUT2D eigenvalue weighted by Gasteiger charge is -2.49. The zero-order valence-corrected chi connectivity index (χ0v) is 24.1. The summed E-state index contributed by atoms with van der Waals surface area (Å²) in [6.45, 7) is 3.13. The molecule has 14 heteroatoms. The lowest BCUT2D eigenvalue weighted by molar-refractivity contribution is -0.192. The first-order valence-corrected chi connectivity index (χ1v) is 14.2. The molecule has 14 nitrogen and oxygen atoms in total. The van der Waals surface area contributed by atoms with Gasteiger partial charge in [0.05, 0.1) is 12.7 Å². The minimum Gasteiger partial charge on any atom is -0.506 e. The molecular weight excluding hydrogens is 596 g/mol. The van der Waals surface area contributed by atoms with Crippen LogP contribution in [0.1, 0.15) is 42.6 Å². The van der Waals surface area contributed by atoms with Gasteiger partial charge in [-0.2, -0.15) is 0 Å². The molecule has 1 saturated heterocycles. The minimum atomic E-state index is -2.68. The molecule has 45 heavy (non-hydrogen) atoms. The fraction of sp³-hybridized carbons (Fsp3) is 0.419. The zero-order valence-electron chi connectivity index (χ0n) is 24.1. The van der Waals surface area contributed by atoms with Crippen molar-refractivity contribution in [2.24, 2.45) is 11.8 Å². The highest BCUT2D eigenvalue weighted by atomic mass is 16.6. The van der Waals surface area contributed by atoms with Crippen LogP contribution in [0, 0.1) is 11.8 Å². The SMILES string of the molecule is COC(=O)[C@@]12Oc3ccc(-c4ccc5c(c4O)C(=O)[C@@]4(O)[C@@H]6C[C@H](C)[C@@H](O)[C@@]4(O5)C(=O)O6)c(O)c3C(O)=C1C(=O)C[C@H](C)[C@@H]2O. The number of hydrogen-bond donors (Lipinski definition) is 6. The number of phenolic OH excluding ortho intramolecular Hbond substituents is 2. The molecule has 236 valence electrons. The Labute approximate surface area is 254 Å². The normalized spacial score (nSPS) is 36.1. The number of aromatic hydroxyl groups is 2. The van der Waals surface area contributed by atoms with Gasteiger partial charge < -0.3 is 49.6 Å². The number of Topliss-reactive ketones (excluding diaryl/α,β-unsaturated/α-hetero) is 2. The molecule has 3 aliphatic heterocycles. The average Bonchev–Trinajstić information content (AvgIpc) is 3.15. The van der Waals surface area contributed by atoms with E-state index in [0.717, 1.165) is 7.11 Å². The second-order valence-corrected chi connectivity index (χ2v) is 12.3. The number of aliphatic hydroxyl groups is 4. The molecule has 0 unspecified atom stereocenters. The van der Waals surface area contributed by atoms with Crippen LogP contribution in [-0.2, 0) is 23.9 Å². The van der Waals surface area contributed by atoms with Crippen molar-refractivity contribution >= 4 is 29.3 Å². The van der Waals surface area contributed by atoms with E-state index < -0.39 is 104 Å². The Balaban J connectivity index is 1.39. The Morgan fingerprint density at radius 2 is 1.49 bits per heavy atom. The predicted molar refractivity (Wildman–Crippen MR) is 147 cm³/mol. The van der Waals surface area contributed by atoms with Crippen molar-refractivity contribution in [3.8, 4) is 34.1 Å². The van der Waals surface area contributed by atoms with Crippen LogP contribution in [0.4, 0.5) is 0 Å². The van der Waals surface area contributed by atoms with Crippen LogP contribution >= 0.6 is 0 Å². The summed E-state index contributed by atoms with van der Waals surface area (Å²) in [5, 5.41) is 67.8. The number of rotatable bonds is 2. The molecule has 3 fully saturated rings. The number of phenols is 2. The zero-order chi connectivity index (χ0) is 32.5. The van der Waals surface area contributed by atoms with Gasteiger partial charge in [0, 0.05) is 17.5 Å². The smallest absolute Gasteiger partial charge is 0.358 e. The van der Waals surface area contributed by atoms with Crippen LogP contribution in [0.15, 0.2) is 29.8 Å². The van der Waals surface area contributed by atoms with Crippen molar-refractivity contribution in [2.75, 3.05) is 7.11 Å². The molecule has 2 aliphatic carbocycles. The first kappa shape index (κ1) is 29.1. The van der Waals surface area contributed by atoms with E-state index in [9.17, 15) is 49.8 Å². The molecule has 2 saturated carbocycles. The van der Waals surface area contributed by atoms with E-state index >= 15 is 0 Å². The average molecular weight is 625 g/mol. The van der Waals surface area contributed by atoms with Gasteiger partial charge in [0.15, 0.2) is 5.78 Å². The lowest BCUT2D eigenvalue weighted by atomic mass is 9.62. The van der Waals surface area contributed by atoms with E-state index in [1.165, 1.54) is 31.2 Å². The van der Waals surface area contributed by atoms with Crippen LogP contribution in [0.5, 0.6) is 23.0 Å². The number of ketones is 2. The summed E-state index contributed by atoms with van der Waals surface area (Å²) in [5.41, 5.74) is -9.52. The van der Waals surface area contributed by atoms with Gasteiger partial charge in [0.2, 0.25) is 11.4 Å². The molecule has 8 atom stereocenters. The highest BCUT2D eigenvalue weighted by Crippen LogP contribution is 2.58. The van der Waals surface area contributed by atoms with Crippen LogP contribution < -0.4 is 9.47 Å². The first-order valence-electron chi connectivity index (χ1n) is 14.2. The number of carbonyl (C=O) groups excluding carboxylic acids is 4. The molecule has 0 radical (unpaired) electrons. The van der Waals surface area contributed by atoms with Gasteiger partial charge in [0.1, 0.15) is 58.2 Å². The molecule has 5 aliphatic rings. The van der Waals surface area contributed by atoms with Crippen LogP contribution in [-0.4, -0.2) is 96.4 Å². The van der Waals surface area contributed by atoms with Crippen molar-refractivity contribution in [3.05, 3.63) is 41.0 Å². The summed E-state index contributed by atoms with van der Waals surface area (Å²) < 4.78 is 21.8.